The minimum Gasteiger partial charge on any atom is -0.492 e. The Morgan fingerprint density at radius 1 is 1.10 bits per heavy atom. The molecule has 3 aromatic carbocycles. The molecule has 212 valence electrons. The highest BCUT2D eigenvalue weighted by Gasteiger charge is 2.36. The second-order valence-electron chi connectivity index (χ2n) is 9.11. The Morgan fingerprint density at radius 2 is 1.88 bits per heavy atom. The maximum absolute atomic E-state index is 14.1. The number of nitrogens with zero attached hydrogens (tertiary/aromatic N) is 3. The molecule has 4 aromatic rings. The van der Waals surface area contributed by atoms with E-state index >= 15 is 0 Å². The van der Waals surface area contributed by atoms with Gasteiger partial charge in [0.25, 0.3) is 5.91 Å². The first kappa shape index (κ1) is 29.0. The molecule has 1 amide bonds. The average molecular weight is 655 g/mol. The number of benzene rings is 3. The fourth-order valence-corrected chi connectivity index (χ4v) is 5.70. The summed E-state index contributed by atoms with van der Waals surface area (Å²) in [7, 11) is 0. The Hall–Kier alpha value is -3.47. The first-order chi connectivity index (χ1) is 19.9. The van der Waals surface area contributed by atoms with Crippen LogP contribution in [0.3, 0.4) is 0 Å². The molecule has 0 fully saturated rings. The van der Waals surface area contributed by atoms with Crippen LogP contribution >= 0.6 is 39.3 Å². The van der Waals surface area contributed by atoms with E-state index in [2.05, 4.69) is 31.5 Å². The van der Waals surface area contributed by atoms with Gasteiger partial charge >= 0.3 is 0 Å². The number of fused-ring (bicyclic) bond motifs is 1. The number of hydrogen-bond donors (Lipinski definition) is 2. The molecule has 0 saturated carbocycles. The molecule has 0 radical (unpaired) electrons. The number of ether oxygens (including phenoxy) is 2. The number of rotatable bonds is 10. The van der Waals surface area contributed by atoms with Crippen molar-refractivity contribution in [1.29, 1.82) is 0 Å². The number of amides is 1. The second-order valence-corrected chi connectivity index (χ2v) is 11.7. The molecule has 0 spiro atoms. The number of thioether (sulfide) groups is 1. The standard InChI is InChI=1S/C30H29BrClN5O3S/c1-4-39-25-13-9-8-12-23(25)34-28(38)26-18(3)33-29-35-30(41-5-2)36-37(29)27(26)21-16-20(31)14-15-24(21)40-17-19-10-6-7-11-22(19)32/h6-16,27H,4-5,17H2,1-3H3,(H,34,38)(H,33,35,36). The van der Waals surface area contributed by atoms with Crippen LogP contribution in [0.2, 0.25) is 5.02 Å². The zero-order chi connectivity index (χ0) is 28.9. The minimum atomic E-state index is -0.636. The molecule has 41 heavy (non-hydrogen) atoms. The molecule has 8 nitrogen and oxygen atoms in total. The summed E-state index contributed by atoms with van der Waals surface area (Å²) in [5.74, 6) is 2.25. The molecule has 1 aliphatic heterocycles. The van der Waals surface area contributed by atoms with Crippen LogP contribution in [0.15, 0.2) is 87.6 Å². The van der Waals surface area contributed by atoms with Crippen molar-refractivity contribution in [2.75, 3.05) is 23.0 Å². The number of aromatic nitrogens is 3. The van der Waals surface area contributed by atoms with Crippen LogP contribution in [0.4, 0.5) is 11.6 Å². The first-order valence-corrected chi connectivity index (χ1v) is 15.3. The van der Waals surface area contributed by atoms with Gasteiger partial charge in [0.05, 0.1) is 17.9 Å². The fraction of sp³-hybridized carbons (Fsp3) is 0.233. The Balaban J connectivity index is 1.59. The van der Waals surface area contributed by atoms with E-state index in [1.54, 1.807) is 4.68 Å². The summed E-state index contributed by atoms with van der Waals surface area (Å²) < 4.78 is 14.7. The molecule has 0 aliphatic carbocycles. The van der Waals surface area contributed by atoms with E-state index in [-0.39, 0.29) is 12.5 Å². The summed E-state index contributed by atoms with van der Waals surface area (Å²) in [4.78, 5) is 18.8. The zero-order valence-corrected chi connectivity index (χ0v) is 25.9. The summed E-state index contributed by atoms with van der Waals surface area (Å²) in [6.45, 7) is 6.55. The largest absolute Gasteiger partial charge is 0.492 e. The molecule has 1 unspecified atom stereocenters. The third kappa shape index (κ3) is 6.39. The Labute approximate surface area is 256 Å². The van der Waals surface area contributed by atoms with Crippen molar-refractivity contribution in [3.05, 3.63) is 98.6 Å². The average Bonchev–Trinajstić information content (AvgIpc) is 3.35. The topological polar surface area (TPSA) is 90.3 Å². The van der Waals surface area contributed by atoms with Gasteiger partial charge in [0, 0.05) is 26.3 Å². The van der Waals surface area contributed by atoms with Crippen molar-refractivity contribution in [2.24, 2.45) is 0 Å². The van der Waals surface area contributed by atoms with Crippen molar-refractivity contribution in [3.8, 4) is 11.5 Å². The van der Waals surface area contributed by atoms with Crippen LogP contribution in [-0.4, -0.2) is 33.0 Å². The van der Waals surface area contributed by atoms with Crippen LogP contribution in [-0.2, 0) is 11.4 Å². The number of carbonyl (C=O) groups excluding carboxylic acids is 1. The zero-order valence-electron chi connectivity index (χ0n) is 22.8. The van der Waals surface area contributed by atoms with Crippen molar-refractivity contribution in [3.63, 3.8) is 0 Å². The number of halogens is 2. The first-order valence-electron chi connectivity index (χ1n) is 13.2. The molecule has 2 heterocycles. The van der Waals surface area contributed by atoms with E-state index in [1.165, 1.54) is 11.8 Å². The monoisotopic (exact) mass is 653 g/mol. The lowest BCUT2D eigenvalue weighted by Crippen LogP contribution is -2.32. The highest BCUT2D eigenvalue weighted by Crippen LogP contribution is 2.42. The van der Waals surface area contributed by atoms with Gasteiger partial charge in [-0.3, -0.25) is 4.79 Å². The predicted octanol–water partition coefficient (Wildman–Crippen LogP) is 7.71. The van der Waals surface area contributed by atoms with Crippen molar-refractivity contribution >= 4 is 56.8 Å². The van der Waals surface area contributed by atoms with Gasteiger partial charge < -0.3 is 20.1 Å². The summed E-state index contributed by atoms with van der Waals surface area (Å²) in [6.07, 6.45) is 0. The molecule has 1 aromatic heterocycles. The summed E-state index contributed by atoms with van der Waals surface area (Å²) in [6, 6.07) is 20.0. The molecule has 1 aliphatic rings. The number of anilines is 2. The smallest absolute Gasteiger partial charge is 0.255 e. The molecule has 0 saturated heterocycles. The number of hydrogen-bond acceptors (Lipinski definition) is 7. The van der Waals surface area contributed by atoms with Gasteiger partial charge in [0.2, 0.25) is 11.1 Å². The Bertz CT molecular complexity index is 1610. The molecule has 2 N–H and O–H groups in total. The van der Waals surface area contributed by atoms with E-state index < -0.39 is 6.04 Å². The fourth-order valence-electron chi connectivity index (χ4n) is 4.58. The molecular weight excluding hydrogens is 626 g/mol. The normalized spacial score (nSPS) is 14.3. The molecule has 5 rings (SSSR count). The van der Waals surface area contributed by atoms with E-state index in [0.29, 0.717) is 51.2 Å². The van der Waals surface area contributed by atoms with Crippen LogP contribution in [0.1, 0.15) is 37.9 Å². The summed E-state index contributed by atoms with van der Waals surface area (Å²) in [5, 5.41) is 12.4. The molecule has 0 bridgehead atoms. The van der Waals surface area contributed by atoms with Crippen molar-refractivity contribution in [1.82, 2.24) is 14.8 Å². The highest BCUT2D eigenvalue weighted by atomic mass is 79.9. The quantitative estimate of drug-likeness (QED) is 0.169. The molecule has 11 heteroatoms. The Morgan fingerprint density at radius 3 is 2.66 bits per heavy atom. The van der Waals surface area contributed by atoms with Gasteiger partial charge in [-0.2, -0.15) is 4.98 Å². The van der Waals surface area contributed by atoms with Gasteiger partial charge in [-0.15, -0.1) is 5.10 Å². The van der Waals surface area contributed by atoms with Gasteiger partial charge in [0.15, 0.2) is 0 Å². The van der Waals surface area contributed by atoms with Crippen molar-refractivity contribution < 1.29 is 14.3 Å². The number of carbonyl (C=O) groups is 1. The summed E-state index contributed by atoms with van der Waals surface area (Å²) >= 11 is 11.6. The predicted molar refractivity (Wildman–Crippen MR) is 167 cm³/mol. The van der Waals surface area contributed by atoms with Crippen LogP contribution in [0, 0.1) is 0 Å². The third-order valence-corrected chi connectivity index (χ3v) is 7.98. The lowest BCUT2D eigenvalue weighted by atomic mass is 9.94. The summed E-state index contributed by atoms with van der Waals surface area (Å²) in [5.41, 5.74) is 3.31. The minimum absolute atomic E-state index is 0.256. The lowest BCUT2D eigenvalue weighted by Gasteiger charge is -2.30. The van der Waals surface area contributed by atoms with Gasteiger partial charge in [-0.1, -0.05) is 76.5 Å². The van der Waals surface area contributed by atoms with E-state index in [4.69, 9.17) is 26.2 Å². The number of para-hydroxylation sites is 2. The van der Waals surface area contributed by atoms with Gasteiger partial charge in [-0.05, 0) is 56.0 Å². The van der Waals surface area contributed by atoms with E-state index in [0.717, 1.165) is 21.4 Å². The lowest BCUT2D eigenvalue weighted by molar-refractivity contribution is -0.113. The van der Waals surface area contributed by atoms with Crippen LogP contribution in [0.25, 0.3) is 0 Å². The maximum Gasteiger partial charge on any atom is 0.255 e. The number of nitrogens with one attached hydrogen (secondary N) is 2. The number of allylic oxidation sites excluding steroid dienone is 1. The third-order valence-electron chi connectivity index (χ3n) is 6.39. The van der Waals surface area contributed by atoms with Crippen LogP contribution in [0.5, 0.6) is 11.5 Å². The van der Waals surface area contributed by atoms with E-state index in [9.17, 15) is 4.79 Å². The van der Waals surface area contributed by atoms with Gasteiger partial charge in [0.1, 0.15) is 24.1 Å². The maximum atomic E-state index is 14.1. The molecular formula is C30H29BrClN5O3S. The SMILES string of the molecule is CCOc1ccccc1NC(=O)C1=C(C)Nc2nc(SCC)nn2C1c1cc(Br)ccc1OCc1ccccc1Cl. The second kappa shape index (κ2) is 13.0. The Kier molecular flexibility index (Phi) is 9.22. The van der Waals surface area contributed by atoms with Crippen LogP contribution < -0.4 is 20.1 Å². The highest BCUT2D eigenvalue weighted by molar-refractivity contribution is 9.10. The molecule has 1 atom stereocenters. The van der Waals surface area contributed by atoms with E-state index in [1.807, 2.05) is 87.5 Å². The van der Waals surface area contributed by atoms with Crippen molar-refractivity contribution in [2.45, 2.75) is 38.6 Å². The van der Waals surface area contributed by atoms with Gasteiger partial charge in [-0.25, -0.2) is 4.68 Å².